The Kier molecular flexibility index (Phi) is 4.92. The van der Waals surface area contributed by atoms with Gasteiger partial charge in [-0.1, -0.05) is 12.1 Å². The lowest BCUT2D eigenvalue weighted by atomic mass is 9.89. The van der Waals surface area contributed by atoms with E-state index in [2.05, 4.69) is 36.2 Å². The van der Waals surface area contributed by atoms with E-state index in [1.807, 2.05) is 12.1 Å². The third kappa shape index (κ3) is 3.71. The number of pyridine rings is 1. The highest BCUT2D eigenvalue weighted by Gasteiger charge is 2.19. The number of rotatable bonds is 5. The van der Waals surface area contributed by atoms with Crippen LogP contribution in [0.1, 0.15) is 54.7 Å². The molecule has 3 rings (SSSR count). The second kappa shape index (κ2) is 7.28. The van der Waals surface area contributed by atoms with Gasteiger partial charge in [-0.05, 0) is 67.5 Å². The summed E-state index contributed by atoms with van der Waals surface area (Å²) in [6, 6.07) is 12.6. The van der Waals surface area contributed by atoms with Crippen LogP contribution in [0.25, 0.3) is 0 Å². The highest BCUT2D eigenvalue weighted by atomic mass is 16.5. The first-order chi connectivity index (χ1) is 11.3. The largest absolute Gasteiger partial charge is 0.490 e. The van der Waals surface area contributed by atoms with Crippen LogP contribution < -0.4 is 4.74 Å². The minimum absolute atomic E-state index is 0.0644. The van der Waals surface area contributed by atoms with E-state index >= 15 is 0 Å². The maximum atomic E-state index is 9.22. The second-order valence-corrected chi connectivity index (χ2v) is 6.24. The fourth-order valence-electron chi connectivity index (χ4n) is 3.26. The SMILES string of the molecule is Cc1ccc(C(CC#N)c2ccncc2)cc1OC1CCCC1. The normalized spacial score (nSPS) is 16.0. The standard InChI is InChI=1S/C20H22N2O/c1-15-6-7-17(14-20(15)23-18-4-2-3-5-18)19(8-11-21)16-9-12-22-13-10-16/h6-7,9-10,12-14,18-19H,2-5,8H2,1H3. The van der Waals surface area contributed by atoms with Gasteiger partial charge in [0, 0.05) is 24.7 Å². The Labute approximate surface area is 137 Å². The van der Waals surface area contributed by atoms with Crippen LogP contribution in [0.4, 0.5) is 0 Å². The molecule has 1 atom stereocenters. The average molecular weight is 306 g/mol. The summed E-state index contributed by atoms with van der Waals surface area (Å²) in [6.45, 7) is 2.08. The minimum Gasteiger partial charge on any atom is -0.490 e. The molecule has 0 N–H and O–H groups in total. The summed E-state index contributed by atoms with van der Waals surface area (Å²) in [6.07, 6.45) is 9.18. The summed E-state index contributed by atoms with van der Waals surface area (Å²) in [4.78, 5) is 4.07. The number of aryl methyl sites for hydroxylation is 1. The second-order valence-electron chi connectivity index (χ2n) is 6.24. The molecule has 0 spiro atoms. The van der Waals surface area contributed by atoms with Gasteiger partial charge >= 0.3 is 0 Å². The Balaban J connectivity index is 1.89. The molecule has 1 unspecified atom stereocenters. The number of benzene rings is 1. The smallest absolute Gasteiger partial charge is 0.122 e. The van der Waals surface area contributed by atoms with Crippen LogP contribution in [0.5, 0.6) is 5.75 Å². The van der Waals surface area contributed by atoms with Crippen molar-refractivity contribution in [3.05, 3.63) is 59.4 Å². The quantitative estimate of drug-likeness (QED) is 0.800. The predicted octanol–water partition coefficient (Wildman–Crippen LogP) is 4.76. The van der Waals surface area contributed by atoms with Crippen LogP contribution in [-0.4, -0.2) is 11.1 Å². The third-order valence-electron chi connectivity index (χ3n) is 4.61. The molecular formula is C20H22N2O. The lowest BCUT2D eigenvalue weighted by Crippen LogP contribution is -2.12. The first-order valence-corrected chi connectivity index (χ1v) is 8.32. The molecule has 118 valence electrons. The van der Waals surface area contributed by atoms with Crippen LogP contribution in [-0.2, 0) is 0 Å². The lowest BCUT2D eigenvalue weighted by molar-refractivity contribution is 0.208. The molecular weight excluding hydrogens is 284 g/mol. The number of aromatic nitrogens is 1. The molecule has 0 aliphatic heterocycles. The molecule has 23 heavy (non-hydrogen) atoms. The molecule has 3 nitrogen and oxygen atoms in total. The molecule has 1 saturated carbocycles. The van der Waals surface area contributed by atoms with Crippen molar-refractivity contribution in [3.8, 4) is 11.8 Å². The molecule has 3 heteroatoms. The van der Waals surface area contributed by atoms with Gasteiger partial charge in [0.15, 0.2) is 0 Å². The van der Waals surface area contributed by atoms with E-state index in [1.165, 1.54) is 12.8 Å². The van der Waals surface area contributed by atoms with Crippen molar-refractivity contribution in [1.82, 2.24) is 4.98 Å². The Bertz CT molecular complexity index is 685. The molecule has 2 aromatic rings. The zero-order valence-corrected chi connectivity index (χ0v) is 13.5. The van der Waals surface area contributed by atoms with Crippen LogP contribution in [0.2, 0.25) is 0 Å². The molecule has 1 aromatic heterocycles. The molecule has 0 radical (unpaired) electrons. The van der Waals surface area contributed by atoms with Gasteiger partial charge < -0.3 is 4.74 Å². The van der Waals surface area contributed by atoms with Crippen molar-refractivity contribution >= 4 is 0 Å². The maximum absolute atomic E-state index is 9.22. The fourth-order valence-corrected chi connectivity index (χ4v) is 3.26. The Morgan fingerprint density at radius 2 is 1.91 bits per heavy atom. The summed E-state index contributed by atoms with van der Waals surface area (Å²) in [5.74, 6) is 1.03. The lowest BCUT2D eigenvalue weighted by Gasteiger charge is -2.19. The maximum Gasteiger partial charge on any atom is 0.122 e. The van der Waals surface area contributed by atoms with Gasteiger partial charge in [-0.2, -0.15) is 5.26 Å². The van der Waals surface area contributed by atoms with Crippen LogP contribution in [0.15, 0.2) is 42.7 Å². The molecule has 1 heterocycles. The Hall–Kier alpha value is -2.34. The summed E-state index contributed by atoms with van der Waals surface area (Å²) in [5, 5.41) is 9.22. The van der Waals surface area contributed by atoms with Crippen molar-refractivity contribution in [2.24, 2.45) is 0 Å². The van der Waals surface area contributed by atoms with E-state index in [9.17, 15) is 5.26 Å². The highest BCUT2D eigenvalue weighted by Crippen LogP contribution is 2.33. The topological polar surface area (TPSA) is 45.9 Å². The van der Waals surface area contributed by atoms with E-state index in [4.69, 9.17) is 4.74 Å². The van der Waals surface area contributed by atoms with Gasteiger partial charge in [0.25, 0.3) is 0 Å². The zero-order chi connectivity index (χ0) is 16.1. The summed E-state index contributed by atoms with van der Waals surface area (Å²) < 4.78 is 6.22. The number of nitrogens with zero attached hydrogens (tertiary/aromatic N) is 2. The summed E-state index contributed by atoms with van der Waals surface area (Å²) in [5.41, 5.74) is 3.42. The van der Waals surface area contributed by atoms with Gasteiger partial charge in [0.2, 0.25) is 0 Å². The number of ether oxygens (including phenoxy) is 1. The van der Waals surface area contributed by atoms with Gasteiger partial charge in [-0.15, -0.1) is 0 Å². The van der Waals surface area contributed by atoms with E-state index in [0.29, 0.717) is 12.5 Å². The van der Waals surface area contributed by atoms with E-state index in [0.717, 1.165) is 35.3 Å². The van der Waals surface area contributed by atoms with Crippen molar-refractivity contribution in [2.45, 2.75) is 51.0 Å². The molecule has 0 bridgehead atoms. The van der Waals surface area contributed by atoms with Gasteiger partial charge in [-0.3, -0.25) is 4.98 Å². The van der Waals surface area contributed by atoms with Crippen LogP contribution in [0, 0.1) is 18.3 Å². The Morgan fingerprint density at radius 3 is 2.61 bits per heavy atom. The fraction of sp³-hybridized carbons (Fsp3) is 0.400. The molecule has 1 aromatic carbocycles. The summed E-state index contributed by atoms with van der Waals surface area (Å²) >= 11 is 0. The van der Waals surface area contributed by atoms with Crippen molar-refractivity contribution in [3.63, 3.8) is 0 Å². The van der Waals surface area contributed by atoms with Crippen molar-refractivity contribution < 1.29 is 4.74 Å². The van der Waals surface area contributed by atoms with Crippen LogP contribution >= 0.6 is 0 Å². The van der Waals surface area contributed by atoms with E-state index in [1.54, 1.807) is 12.4 Å². The van der Waals surface area contributed by atoms with Gasteiger partial charge in [0.05, 0.1) is 12.2 Å². The zero-order valence-electron chi connectivity index (χ0n) is 13.5. The number of hydrogen-bond acceptors (Lipinski definition) is 3. The molecule has 1 fully saturated rings. The van der Waals surface area contributed by atoms with Crippen molar-refractivity contribution in [2.75, 3.05) is 0 Å². The predicted molar refractivity (Wildman–Crippen MR) is 90.4 cm³/mol. The first-order valence-electron chi connectivity index (χ1n) is 8.32. The first kappa shape index (κ1) is 15.6. The molecule has 0 amide bonds. The number of nitriles is 1. The van der Waals surface area contributed by atoms with E-state index in [-0.39, 0.29) is 5.92 Å². The highest BCUT2D eigenvalue weighted by molar-refractivity contribution is 5.42. The molecule has 0 saturated heterocycles. The molecule has 1 aliphatic carbocycles. The van der Waals surface area contributed by atoms with Crippen molar-refractivity contribution in [1.29, 1.82) is 5.26 Å². The Morgan fingerprint density at radius 1 is 1.17 bits per heavy atom. The minimum atomic E-state index is 0.0644. The number of hydrogen-bond donors (Lipinski definition) is 0. The molecule has 1 aliphatic rings. The van der Waals surface area contributed by atoms with Crippen LogP contribution in [0.3, 0.4) is 0 Å². The van der Waals surface area contributed by atoms with Gasteiger partial charge in [0.1, 0.15) is 5.75 Å². The summed E-state index contributed by atoms with van der Waals surface area (Å²) in [7, 11) is 0. The average Bonchev–Trinajstić information content (AvgIpc) is 3.09. The third-order valence-corrected chi connectivity index (χ3v) is 4.61. The monoisotopic (exact) mass is 306 g/mol. The van der Waals surface area contributed by atoms with Gasteiger partial charge in [-0.25, -0.2) is 0 Å². The van der Waals surface area contributed by atoms with E-state index < -0.39 is 0 Å².